The largest absolute Gasteiger partial charge is 0.381 e. The van der Waals surface area contributed by atoms with E-state index in [0.29, 0.717) is 0 Å². The van der Waals surface area contributed by atoms with Crippen LogP contribution in [0.15, 0.2) is 30.3 Å². The van der Waals surface area contributed by atoms with Crippen LogP contribution in [0.5, 0.6) is 0 Å². The summed E-state index contributed by atoms with van der Waals surface area (Å²) in [5.74, 6) is 0.726. The van der Waals surface area contributed by atoms with Crippen LogP contribution in [0.1, 0.15) is 18.9 Å². The molecule has 1 fully saturated rings. The summed E-state index contributed by atoms with van der Waals surface area (Å²) >= 11 is 0. The Morgan fingerprint density at radius 1 is 1.32 bits per heavy atom. The minimum atomic E-state index is 0.726. The molecule has 0 radical (unpaired) electrons. The normalized spacial score (nSPS) is 19.2. The topological polar surface area (TPSA) is 24.5 Å². The highest BCUT2D eigenvalue weighted by molar-refractivity contribution is 5.14. The smallest absolute Gasteiger partial charge is 0.0507 e. The Morgan fingerprint density at radius 2 is 2.16 bits per heavy atom. The quantitative estimate of drug-likeness (QED) is 0.726. The van der Waals surface area contributed by atoms with Crippen LogP contribution >= 0.6 is 0 Å². The van der Waals surface area contributed by atoms with Gasteiger partial charge in [-0.2, -0.15) is 0 Å². The number of rotatable bonds is 8. The molecule has 1 aliphatic rings. The summed E-state index contributed by atoms with van der Waals surface area (Å²) in [6.45, 7) is 9.54. The van der Waals surface area contributed by atoms with Crippen molar-refractivity contribution >= 4 is 0 Å². The Labute approximate surface area is 116 Å². The highest BCUT2D eigenvalue weighted by Gasteiger charge is 2.14. The SMILES string of the molecule is CCN(CCNCC1CCOC1)Cc1ccccc1. The van der Waals surface area contributed by atoms with Crippen LogP contribution in [0.3, 0.4) is 0 Å². The molecule has 19 heavy (non-hydrogen) atoms. The number of hydrogen-bond acceptors (Lipinski definition) is 3. The Hall–Kier alpha value is -0.900. The second-order valence-corrected chi connectivity index (χ2v) is 5.29. The van der Waals surface area contributed by atoms with Crippen LogP contribution in [-0.4, -0.2) is 44.3 Å². The molecule has 0 bridgehead atoms. The first-order chi connectivity index (χ1) is 9.38. The lowest BCUT2D eigenvalue weighted by atomic mass is 10.1. The van der Waals surface area contributed by atoms with Gasteiger partial charge in [0.2, 0.25) is 0 Å². The van der Waals surface area contributed by atoms with Crippen molar-refractivity contribution in [2.24, 2.45) is 5.92 Å². The summed E-state index contributed by atoms with van der Waals surface area (Å²) < 4.78 is 5.38. The zero-order chi connectivity index (χ0) is 13.3. The van der Waals surface area contributed by atoms with Crippen molar-refractivity contribution in [3.8, 4) is 0 Å². The number of ether oxygens (including phenoxy) is 1. The molecule has 0 saturated carbocycles. The molecule has 1 N–H and O–H groups in total. The summed E-state index contributed by atoms with van der Waals surface area (Å²) in [7, 11) is 0. The fourth-order valence-corrected chi connectivity index (χ4v) is 2.48. The lowest BCUT2D eigenvalue weighted by Crippen LogP contribution is -2.34. The van der Waals surface area contributed by atoms with Crippen molar-refractivity contribution < 1.29 is 4.74 Å². The third kappa shape index (κ3) is 5.31. The van der Waals surface area contributed by atoms with Gasteiger partial charge in [-0.1, -0.05) is 37.3 Å². The van der Waals surface area contributed by atoms with Crippen molar-refractivity contribution in [3.63, 3.8) is 0 Å². The summed E-state index contributed by atoms with van der Waals surface area (Å²) in [6, 6.07) is 10.7. The van der Waals surface area contributed by atoms with Crippen LogP contribution in [0, 0.1) is 5.92 Å². The van der Waals surface area contributed by atoms with Crippen LogP contribution in [-0.2, 0) is 11.3 Å². The molecule has 0 amide bonds. The predicted molar refractivity (Wildman–Crippen MR) is 79.2 cm³/mol. The molecule has 1 aromatic rings. The van der Waals surface area contributed by atoms with Crippen LogP contribution in [0.25, 0.3) is 0 Å². The second-order valence-electron chi connectivity index (χ2n) is 5.29. The number of nitrogens with zero attached hydrogens (tertiary/aromatic N) is 1. The lowest BCUT2D eigenvalue weighted by Gasteiger charge is -2.21. The first kappa shape index (κ1) is 14.5. The van der Waals surface area contributed by atoms with Gasteiger partial charge in [-0.15, -0.1) is 0 Å². The first-order valence-corrected chi connectivity index (χ1v) is 7.43. The molecule has 3 heteroatoms. The van der Waals surface area contributed by atoms with E-state index >= 15 is 0 Å². The van der Waals surface area contributed by atoms with E-state index in [1.807, 2.05) is 0 Å². The number of nitrogens with one attached hydrogen (secondary N) is 1. The van der Waals surface area contributed by atoms with E-state index in [9.17, 15) is 0 Å². The summed E-state index contributed by atoms with van der Waals surface area (Å²) in [5, 5.41) is 3.56. The Balaban J connectivity index is 1.62. The van der Waals surface area contributed by atoms with Crippen molar-refractivity contribution in [2.75, 3.05) is 39.4 Å². The molecule has 1 aliphatic heterocycles. The van der Waals surface area contributed by atoms with E-state index in [2.05, 4.69) is 47.5 Å². The van der Waals surface area contributed by atoms with Gasteiger partial charge in [0, 0.05) is 32.8 Å². The molecule has 0 spiro atoms. The molecule has 0 aromatic heterocycles. The third-order valence-electron chi connectivity index (χ3n) is 3.76. The third-order valence-corrected chi connectivity index (χ3v) is 3.76. The summed E-state index contributed by atoms with van der Waals surface area (Å²) in [4.78, 5) is 2.48. The molecule has 2 rings (SSSR count). The summed E-state index contributed by atoms with van der Waals surface area (Å²) in [6.07, 6.45) is 1.22. The lowest BCUT2D eigenvalue weighted by molar-refractivity contribution is 0.185. The van der Waals surface area contributed by atoms with Crippen LogP contribution in [0.2, 0.25) is 0 Å². The molecule has 106 valence electrons. The molecular weight excluding hydrogens is 236 g/mol. The Kier molecular flexibility index (Phi) is 6.34. The molecule has 1 aromatic carbocycles. The Bertz CT molecular complexity index is 336. The van der Waals surface area contributed by atoms with E-state index in [-0.39, 0.29) is 0 Å². The van der Waals surface area contributed by atoms with Gasteiger partial charge < -0.3 is 10.1 Å². The number of benzene rings is 1. The zero-order valence-corrected chi connectivity index (χ0v) is 12.0. The van der Waals surface area contributed by atoms with Crippen LogP contribution < -0.4 is 5.32 Å². The van der Waals surface area contributed by atoms with Gasteiger partial charge in [0.25, 0.3) is 0 Å². The van der Waals surface area contributed by atoms with Gasteiger partial charge in [0.05, 0.1) is 6.61 Å². The second kappa shape index (κ2) is 8.31. The zero-order valence-electron chi connectivity index (χ0n) is 12.0. The number of hydrogen-bond donors (Lipinski definition) is 1. The average Bonchev–Trinajstić information content (AvgIpc) is 2.96. The van der Waals surface area contributed by atoms with Gasteiger partial charge in [0.1, 0.15) is 0 Å². The molecule has 1 unspecified atom stereocenters. The molecular formula is C16H26N2O. The maximum atomic E-state index is 5.38. The van der Waals surface area contributed by atoms with Crippen molar-refractivity contribution in [1.29, 1.82) is 0 Å². The highest BCUT2D eigenvalue weighted by Crippen LogP contribution is 2.10. The minimum Gasteiger partial charge on any atom is -0.381 e. The van der Waals surface area contributed by atoms with Crippen molar-refractivity contribution in [3.05, 3.63) is 35.9 Å². The van der Waals surface area contributed by atoms with Gasteiger partial charge in [-0.25, -0.2) is 0 Å². The average molecular weight is 262 g/mol. The fraction of sp³-hybridized carbons (Fsp3) is 0.625. The van der Waals surface area contributed by atoms with E-state index in [4.69, 9.17) is 4.74 Å². The van der Waals surface area contributed by atoms with Crippen molar-refractivity contribution in [2.45, 2.75) is 19.9 Å². The molecule has 1 atom stereocenters. The highest BCUT2D eigenvalue weighted by atomic mass is 16.5. The first-order valence-electron chi connectivity index (χ1n) is 7.43. The standard InChI is InChI=1S/C16H26N2O/c1-2-18(13-15-6-4-3-5-7-15)10-9-17-12-16-8-11-19-14-16/h3-7,16-17H,2,8-14H2,1H3. The molecule has 1 heterocycles. The van der Waals surface area contributed by atoms with E-state index in [1.54, 1.807) is 0 Å². The minimum absolute atomic E-state index is 0.726. The van der Waals surface area contributed by atoms with Crippen molar-refractivity contribution in [1.82, 2.24) is 10.2 Å². The molecule has 0 aliphatic carbocycles. The molecule has 3 nitrogen and oxygen atoms in total. The maximum Gasteiger partial charge on any atom is 0.0507 e. The van der Waals surface area contributed by atoms with Gasteiger partial charge in [0.15, 0.2) is 0 Å². The monoisotopic (exact) mass is 262 g/mol. The Morgan fingerprint density at radius 3 is 2.84 bits per heavy atom. The van der Waals surface area contributed by atoms with E-state index in [1.165, 1.54) is 12.0 Å². The van der Waals surface area contributed by atoms with Gasteiger partial charge in [-0.3, -0.25) is 4.90 Å². The fourth-order valence-electron chi connectivity index (χ4n) is 2.48. The predicted octanol–water partition coefficient (Wildman–Crippen LogP) is 2.13. The molecule has 1 saturated heterocycles. The van der Waals surface area contributed by atoms with Gasteiger partial charge in [-0.05, 0) is 24.4 Å². The maximum absolute atomic E-state index is 5.38. The van der Waals surface area contributed by atoms with E-state index in [0.717, 1.165) is 51.9 Å². The summed E-state index contributed by atoms with van der Waals surface area (Å²) in [5.41, 5.74) is 1.40. The van der Waals surface area contributed by atoms with Crippen LogP contribution in [0.4, 0.5) is 0 Å². The number of likely N-dealkylation sites (N-methyl/N-ethyl adjacent to an activating group) is 1. The van der Waals surface area contributed by atoms with E-state index < -0.39 is 0 Å². The van der Waals surface area contributed by atoms with Gasteiger partial charge >= 0.3 is 0 Å².